The molecule has 0 amide bonds. The van der Waals surface area contributed by atoms with Crippen LogP contribution in [0.2, 0.25) is 0 Å². The Morgan fingerprint density at radius 1 is 1.50 bits per heavy atom. The van der Waals surface area contributed by atoms with Crippen molar-refractivity contribution >= 4 is 5.71 Å². The zero-order chi connectivity index (χ0) is 15.8. The number of hydrogen-bond donors (Lipinski definition) is 1. The second kappa shape index (κ2) is 8.68. The molecule has 1 N–H and O–H groups in total. The maximum atomic E-state index is 9.88. The van der Waals surface area contributed by atoms with Crippen molar-refractivity contribution in [1.29, 1.82) is 0 Å². The van der Waals surface area contributed by atoms with Crippen molar-refractivity contribution < 1.29 is 14.7 Å². The Labute approximate surface area is 131 Å². The van der Waals surface area contributed by atoms with Crippen LogP contribution in [0.3, 0.4) is 0 Å². The Balaban J connectivity index is 1.71. The average Bonchev–Trinajstić information content (AvgIpc) is 2.96. The maximum Gasteiger partial charge on any atom is 0.145 e. The molecule has 2 unspecified atom stereocenters. The molecule has 0 spiro atoms. The molecule has 1 aliphatic heterocycles. The molecule has 2 rings (SSSR count). The summed E-state index contributed by atoms with van der Waals surface area (Å²) in [5.41, 5.74) is 2.08. The van der Waals surface area contributed by atoms with Crippen molar-refractivity contribution in [3.63, 3.8) is 0 Å². The summed E-state index contributed by atoms with van der Waals surface area (Å²) in [6.07, 6.45) is 1.98. The number of nitrogens with zero attached hydrogens (tertiary/aromatic N) is 2. The second-order valence-electron chi connectivity index (χ2n) is 5.54. The molecule has 0 bridgehead atoms. The van der Waals surface area contributed by atoms with E-state index in [0.29, 0.717) is 19.8 Å². The van der Waals surface area contributed by atoms with Crippen molar-refractivity contribution in [3.05, 3.63) is 48.6 Å². The lowest BCUT2D eigenvalue weighted by Gasteiger charge is -2.22. The zero-order valence-electron chi connectivity index (χ0n) is 13.0. The van der Waals surface area contributed by atoms with Gasteiger partial charge < -0.3 is 14.7 Å². The molecule has 5 nitrogen and oxygen atoms in total. The third-order valence-electron chi connectivity index (χ3n) is 3.42. The van der Waals surface area contributed by atoms with Crippen molar-refractivity contribution in [1.82, 2.24) is 4.90 Å². The fourth-order valence-corrected chi connectivity index (χ4v) is 2.45. The highest BCUT2D eigenvalue weighted by molar-refractivity contribution is 6.01. The first-order chi connectivity index (χ1) is 10.7. The van der Waals surface area contributed by atoms with E-state index in [2.05, 4.69) is 11.7 Å². The molecule has 1 aliphatic rings. The van der Waals surface area contributed by atoms with Crippen LogP contribution in [0.4, 0.5) is 0 Å². The number of rotatable bonds is 9. The van der Waals surface area contributed by atoms with Gasteiger partial charge in [-0.05, 0) is 12.6 Å². The minimum absolute atomic E-state index is 0.0292. The summed E-state index contributed by atoms with van der Waals surface area (Å²) in [5.74, 6) is 0. The minimum atomic E-state index is -0.513. The summed E-state index contributed by atoms with van der Waals surface area (Å²) in [6.45, 7) is 5.60. The molecule has 0 saturated carbocycles. The van der Waals surface area contributed by atoms with E-state index in [-0.39, 0.29) is 6.10 Å². The number of aliphatic hydroxyl groups excluding tert-OH is 1. The van der Waals surface area contributed by atoms with Crippen LogP contribution in [0.25, 0.3) is 0 Å². The summed E-state index contributed by atoms with van der Waals surface area (Å²) < 4.78 is 5.24. The zero-order valence-corrected chi connectivity index (χ0v) is 13.0. The molecule has 1 aromatic carbocycles. The second-order valence-corrected chi connectivity index (χ2v) is 5.54. The molecule has 5 heteroatoms. The number of aliphatic hydroxyl groups is 1. The highest BCUT2D eigenvalue weighted by atomic mass is 16.6. The summed E-state index contributed by atoms with van der Waals surface area (Å²) in [5, 5.41) is 14.1. The summed E-state index contributed by atoms with van der Waals surface area (Å²) in [6, 6.07) is 10.1. The van der Waals surface area contributed by atoms with Crippen molar-refractivity contribution in [3.8, 4) is 0 Å². The van der Waals surface area contributed by atoms with Gasteiger partial charge in [-0.1, -0.05) is 41.6 Å². The standard InChI is InChI=1S/C17H24N2O3/c1-3-9-21-13-15(20)11-19(2)12-16-10-17(18-22-16)14-7-5-4-6-8-14/h3-8,15-16,20H,1,9-13H2,2H3. The lowest BCUT2D eigenvalue weighted by molar-refractivity contribution is 0.0129. The molecular formula is C17H24N2O3. The predicted octanol–water partition coefficient (Wildman–Crippen LogP) is 1.67. The highest BCUT2D eigenvalue weighted by Gasteiger charge is 2.24. The molecule has 1 aromatic rings. The molecule has 0 fully saturated rings. The summed E-state index contributed by atoms with van der Waals surface area (Å²) in [7, 11) is 1.96. The van der Waals surface area contributed by atoms with E-state index in [9.17, 15) is 5.11 Å². The van der Waals surface area contributed by atoms with Gasteiger partial charge in [0.15, 0.2) is 0 Å². The smallest absolute Gasteiger partial charge is 0.145 e. The largest absolute Gasteiger partial charge is 0.390 e. The van der Waals surface area contributed by atoms with Crippen LogP contribution in [0.15, 0.2) is 48.1 Å². The number of hydrogen-bond acceptors (Lipinski definition) is 5. The molecule has 0 aliphatic carbocycles. The van der Waals surface area contributed by atoms with E-state index in [4.69, 9.17) is 9.57 Å². The fraction of sp³-hybridized carbons (Fsp3) is 0.471. The minimum Gasteiger partial charge on any atom is -0.390 e. The molecule has 120 valence electrons. The first kappa shape index (κ1) is 16.7. The number of benzene rings is 1. The van der Waals surface area contributed by atoms with Crippen LogP contribution in [0.5, 0.6) is 0 Å². The molecule has 0 saturated heterocycles. The first-order valence-electron chi connectivity index (χ1n) is 7.52. The van der Waals surface area contributed by atoms with Gasteiger partial charge in [-0.2, -0.15) is 0 Å². The van der Waals surface area contributed by atoms with E-state index in [1.165, 1.54) is 0 Å². The van der Waals surface area contributed by atoms with Gasteiger partial charge in [0.25, 0.3) is 0 Å². The third-order valence-corrected chi connectivity index (χ3v) is 3.42. The van der Waals surface area contributed by atoms with Crippen molar-refractivity contribution in [2.24, 2.45) is 5.16 Å². The summed E-state index contributed by atoms with van der Waals surface area (Å²) in [4.78, 5) is 7.53. The number of likely N-dealkylation sites (N-methyl/N-ethyl adjacent to an activating group) is 1. The van der Waals surface area contributed by atoms with Gasteiger partial charge in [0, 0.05) is 19.5 Å². The van der Waals surface area contributed by atoms with Crippen molar-refractivity contribution in [2.75, 3.05) is 33.4 Å². The Morgan fingerprint density at radius 2 is 2.27 bits per heavy atom. The SMILES string of the molecule is C=CCOCC(O)CN(C)CC1CC(c2ccccc2)=NO1. The Bertz CT molecular complexity index is 490. The third kappa shape index (κ3) is 5.26. The Morgan fingerprint density at radius 3 is 3.00 bits per heavy atom. The van der Waals surface area contributed by atoms with Gasteiger partial charge >= 0.3 is 0 Å². The first-order valence-corrected chi connectivity index (χ1v) is 7.52. The van der Waals surface area contributed by atoms with Crippen LogP contribution in [0.1, 0.15) is 12.0 Å². The maximum absolute atomic E-state index is 9.88. The quantitative estimate of drug-likeness (QED) is 0.557. The lowest BCUT2D eigenvalue weighted by atomic mass is 10.1. The van der Waals surface area contributed by atoms with Crippen LogP contribution >= 0.6 is 0 Å². The monoisotopic (exact) mass is 304 g/mol. The van der Waals surface area contributed by atoms with Crippen LogP contribution < -0.4 is 0 Å². The number of ether oxygens (including phenoxy) is 1. The van der Waals surface area contributed by atoms with E-state index in [1.54, 1.807) is 6.08 Å². The van der Waals surface area contributed by atoms with Gasteiger partial charge in [0.1, 0.15) is 6.10 Å². The topological polar surface area (TPSA) is 54.3 Å². The van der Waals surface area contributed by atoms with Crippen molar-refractivity contribution in [2.45, 2.75) is 18.6 Å². The van der Waals surface area contributed by atoms with E-state index < -0.39 is 6.10 Å². The van der Waals surface area contributed by atoms with Gasteiger partial charge in [0.2, 0.25) is 0 Å². The van der Waals surface area contributed by atoms with Gasteiger partial charge in [0.05, 0.1) is 25.0 Å². The Kier molecular flexibility index (Phi) is 6.58. The van der Waals surface area contributed by atoms with Gasteiger partial charge in [-0.25, -0.2) is 0 Å². The molecule has 1 heterocycles. The van der Waals surface area contributed by atoms with Crippen LogP contribution in [-0.4, -0.2) is 61.3 Å². The predicted molar refractivity (Wildman–Crippen MR) is 87.0 cm³/mol. The highest BCUT2D eigenvalue weighted by Crippen LogP contribution is 2.17. The normalized spacial score (nSPS) is 18.9. The van der Waals surface area contributed by atoms with Gasteiger partial charge in [-0.3, -0.25) is 4.90 Å². The average molecular weight is 304 g/mol. The molecule has 2 atom stereocenters. The van der Waals surface area contributed by atoms with Gasteiger partial charge in [-0.15, -0.1) is 6.58 Å². The van der Waals surface area contributed by atoms with E-state index >= 15 is 0 Å². The molecule has 0 radical (unpaired) electrons. The van der Waals surface area contributed by atoms with E-state index in [1.807, 2.05) is 42.3 Å². The molecule has 22 heavy (non-hydrogen) atoms. The Hall–Kier alpha value is -1.69. The summed E-state index contributed by atoms with van der Waals surface area (Å²) >= 11 is 0. The molecule has 0 aromatic heterocycles. The number of oxime groups is 1. The molecular weight excluding hydrogens is 280 g/mol. The van der Waals surface area contributed by atoms with E-state index in [0.717, 1.165) is 24.2 Å². The lowest BCUT2D eigenvalue weighted by Crippen LogP contribution is -2.37. The fourth-order valence-electron chi connectivity index (χ4n) is 2.45. The van der Waals surface area contributed by atoms with Crippen LogP contribution in [-0.2, 0) is 9.57 Å². The van der Waals surface area contributed by atoms with Crippen LogP contribution in [0, 0.1) is 0 Å².